The monoisotopic (exact) mass is 566 g/mol. The van der Waals surface area contributed by atoms with E-state index in [1.807, 2.05) is 6.92 Å². The highest BCUT2D eigenvalue weighted by molar-refractivity contribution is 8.16. The van der Waals surface area contributed by atoms with Gasteiger partial charge in [0.15, 0.2) is 23.3 Å². The number of amides is 2. The van der Waals surface area contributed by atoms with Crippen molar-refractivity contribution in [2.75, 3.05) is 17.2 Å². The summed E-state index contributed by atoms with van der Waals surface area (Å²) in [6, 6.07) is 9.59. The van der Waals surface area contributed by atoms with Crippen molar-refractivity contribution in [2.45, 2.75) is 18.7 Å². The standard InChI is InChI=1S/C25H19F5N4O4S/c1-2-37-12-7-5-11(6-8-12)33-23(35)14-20(31)22(39-25(14)32-10-13-4-3-9-38-13)24(36)34-21-18(29)16(27)15(26)17(28)19(21)30/h3-9,22H,2,10,31H2,1H3,(H,33,35)(H,34,36). The van der Waals surface area contributed by atoms with Crippen molar-refractivity contribution in [3.63, 3.8) is 0 Å². The van der Waals surface area contributed by atoms with Crippen molar-refractivity contribution < 1.29 is 40.7 Å². The van der Waals surface area contributed by atoms with Crippen LogP contribution in [0.5, 0.6) is 5.75 Å². The Kier molecular flexibility index (Phi) is 8.24. The zero-order valence-corrected chi connectivity index (χ0v) is 20.8. The molecule has 1 atom stereocenters. The summed E-state index contributed by atoms with van der Waals surface area (Å²) in [5, 5.41) is 2.80. The molecule has 2 heterocycles. The minimum Gasteiger partial charge on any atom is -0.494 e. The summed E-state index contributed by atoms with van der Waals surface area (Å²) in [5.41, 5.74) is 4.36. The topological polar surface area (TPSA) is 119 Å². The Labute approximate surface area is 222 Å². The van der Waals surface area contributed by atoms with Crippen molar-refractivity contribution in [3.8, 4) is 5.75 Å². The van der Waals surface area contributed by atoms with Crippen LogP contribution in [0.1, 0.15) is 12.7 Å². The summed E-state index contributed by atoms with van der Waals surface area (Å²) in [6.45, 7) is 2.20. The zero-order chi connectivity index (χ0) is 28.3. The molecule has 4 rings (SSSR count). The molecule has 204 valence electrons. The van der Waals surface area contributed by atoms with Crippen LogP contribution in [-0.4, -0.2) is 28.7 Å². The minimum atomic E-state index is -2.38. The summed E-state index contributed by atoms with van der Waals surface area (Å²) < 4.78 is 79.4. The van der Waals surface area contributed by atoms with Gasteiger partial charge in [-0.05, 0) is 43.3 Å². The number of anilines is 2. The number of halogens is 5. The maximum absolute atomic E-state index is 14.1. The van der Waals surface area contributed by atoms with E-state index in [0.717, 1.165) is 0 Å². The van der Waals surface area contributed by atoms with Gasteiger partial charge in [0.05, 0.1) is 25.0 Å². The largest absolute Gasteiger partial charge is 0.494 e. The van der Waals surface area contributed by atoms with Crippen molar-refractivity contribution in [1.29, 1.82) is 0 Å². The van der Waals surface area contributed by atoms with Crippen LogP contribution in [0.15, 0.2) is 63.3 Å². The van der Waals surface area contributed by atoms with E-state index >= 15 is 0 Å². The van der Waals surface area contributed by atoms with Gasteiger partial charge in [-0.15, -0.1) is 0 Å². The molecule has 2 aromatic carbocycles. The van der Waals surface area contributed by atoms with Crippen LogP contribution in [0.2, 0.25) is 0 Å². The summed E-state index contributed by atoms with van der Waals surface area (Å²) in [4.78, 5) is 30.4. The van der Waals surface area contributed by atoms with Crippen LogP contribution >= 0.6 is 11.8 Å². The Morgan fingerprint density at radius 3 is 2.23 bits per heavy atom. The van der Waals surface area contributed by atoms with Gasteiger partial charge in [-0.3, -0.25) is 14.6 Å². The number of carbonyl (C=O) groups is 2. The minimum absolute atomic E-state index is 0.00935. The van der Waals surface area contributed by atoms with Crippen LogP contribution in [0, 0.1) is 29.1 Å². The molecule has 0 bridgehead atoms. The van der Waals surface area contributed by atoms with E-state index < -0.39 is 51.8 Å². The van der Waals surface area contributed by atoms with Gasteiger partial charge in [0.2, 0.25) is 11.7 Å². The molecule has 39 heavy (non-hydrogen) atoms. The van der Waals surface area contributed by atoms with E-state index in [9.17, 15) is 31.5 Å². The van der Waals surface area contributed by atoms with Gasteiger partial charge >= 0.3 is 0 Å². The molecule has 1 unspecified atom stereocenters. The molecule has 0 spiro atoms. The number of nitrogens with one attached hydrogen (secondary N) is 2. The highest BCUT2D eigenvalue weighted by Crippen LogP contribution is 2.36. The first kappa shape index (κ1) is 27.7. The summed E-state index contributed by atoms with van der Waals surface area (Å²) in [7, 11) is 0. The average molecular weight is 567 g/mol. The van der Waals surface area contributed by atoms with E-state index in [4.69, 9.17) is 14.9 Å². The van der Waals surface area contributed by atoms with Crippen molar-refractivity contribution in [1.82, 2.24) is 0 Å². The van der Waals surface area contributed by atoms with Crippen molar-refractivity contribution in [2.24, 2.45) is 10.7 Å². The quantitative estimate of drug-likeness (QED) is 0.203. The zero-order valence-electron chi connectivity index (χ0n) is 20.0. The number of nitrogens with two attached hydrogens (primary N) is 1. The van der Waals surface area contributed by atoms with Gasteiger partial charge in [-0.1, -0.05) is 11.8 Å². The predicted molar refractivity (Wildman–Crippen MR) is 134 cm³/mol. The molecular weight excluding hydrogens is 547 g/mol. The number of rotatable bonds is 8. The molecule has 14 heteroatoms. The van der Waals surface area contributed by atoms with E-state index in [1.165, 1.54) is 6.26 Å². The second-order valence-electron chi connectivity index (χ2n) is 7.87. The molecule has 0 saturated carbocycles. The molecular formula is C25H19F5N4O4S. The van der Waals surface area contributed by atoms with Gasteiger partial charge in [0.25, 0.3) is 5.91 Å². The van der Waals surface area contributed by atoms with E-state index in [-0.39, 0.29) is 22.9 Å². The molecule has 8 nitrogen and oxygen atoms in total. The number of thioether (sulfide) groups is 1. The summed E-state index contributed by atoms with van der Waals surface area (Å²) in [5.74, 6) is -12.3. The maximum Gasteiger partial charge on any atom is 0.260 e. The van der Waals surface area contributed by atoms with E-state index in [0.29, 0.717) is 35.6 Å². The van der Waals surface area contributed by atoms with Crippen molar-refractivity contribution in [3.05, 3.63) is 88.8 Å². The van der Waals surface area contributed by atoms with Crippen LogP contribution in [0.3, 0.4) is 0 Å². The lowest BCUT2D eigenvalue weighted by molar-refractivity contribution is -0.115. The predicted octanol–water partition coefficient (Wildman–Crippen LogP) is 4.88. The number of nitrogens with zero attached hydrogens (tertiary/aromatic N) is 1. The Balaban J connectivity index is 1.64. The Morgan fingerprint density at radius 1 is 1.00 bits per heavy atom. The summed E-state index contributed by atoms with van der Waals surface area (Å²) >= 11 is 0.657. The van der Waals surface area contributed by atoms with Gasteiger partial charge < -0.3 is 25.5 Å². The highest BCUT2D eigenvalue weighted by atomic mass is 32.2. The number of ether oxygens (including phenoxy) is 1. The third-order valence-electron chi connectivity index (χ3n) is 5.32. The Bertz CT molecular complexity index is 1450. The lowest BCUT2D eigenvalue weighted by Gasteiger charge is -2.13. The number of furan rings is 1. The number of benzene rings is 2. The number of hydrogen-bond donors (Lipinski definition) is 3. The molecule has 0 fully saturated rings. The first-order chi connectivity index (χ1) is 18.6. The third kappa shape index (κ3) is 5.74. The summed E-state index contributed by atoms with van der Waals surface area (Å²) in [6.07, 6.45) is 1.40. The smallest absolute Gasteiger partial charge is 0.260 e. The van der Waals surface area contributed by atoms with Crippen LogP contribution in [0.25, 0.3) is 0 Å². The molecule has 4 N–H and O–H groups in total. The fourth-order valence-electron chi connectivity index (χ4n) is 3.48. The molecule has 0 aliphatic carbocycles. The second-order valence-corrected chi connectivity index (χ2v) is 8.97. The first-order valence-corrected chi connectivity index (χ1v) is 12.1. The number of hydrogen-bond acceptors (Lipinski definition) is 7. The van der Waals surface area contributed by atoms with Gasteiger partial charge in [0, 0.05) is 11.4 Å². The fourth-order valence-corrected chi connectivity index (χ4v) is 4.58. The van der Waals surface area contributed by atoms with E-state index in [2.05, 4.69) is 10.3 Å². The van der Waals surface area contributed by atoms with Crippen LogP contribution in [0.4, 0.5) is 33.3 Å². The Hall–Kier alpha value is -4.33. The van der Waals surface area contributed by atoms with Crippen LogP contribution < -0.4 is 21.1 Å². The van der Waals surface area contributed by atoms with Crippen LogP contribution in [-0.2, 0) is 16.1 Å². The van der Waals surface area contributed by atoms with Gasteiger partial charge in [0.1, 0.15) is 27.5 Å². The number of carbonyl (C=O) groups excluding carboxylic acids is 2. The molecule has 2 amide bonds. The first-order valence-electron chi connectivity index (χ1n) is 11.2. The van der Waals surface area contributed by atoms with Crippen molar-refractivity contribution >= 4 is 40.0 Å². The molecule has 1 aromatic heterocycles. The second kappa shape index (κ2) is 11.6. The van der Waals surface area contributed by atoms with Gasteiger partial charge in [-0.25, -0.2) is 22.0 Å². The molecule has 0 saturated heterocycles. The third-order valence-corrected chi connectivity index (χ3v) is 6.58. The fraction of sp³-hybridized carbons (Fsp3) is 0.160. The average Bonchev–Trinajstić information content (AvgIpc) is 3.56. The SMILES string of the molecule is CCOc1ccc(NC(=O)C2=C(N)C(C(=O)Nc3c(F)c(F)c(F)c(F)c3F)SC2=NCc2ccco2)cc1. The molecule has 3 aromatic rings. The lowest BCUT2D eigenvalue weighted by atomic mass is 10.1. The lowest BCUT2D eigenvalue weighted by Crippen LogP contribution is -2.30. The molecule has 1 aliphatic heterocycles. The maximum atomic E-state index is 14.1. The molecule has 1 aliphatic rings. The normalized spacial score (nSPS) is 16.1. The number of aliphatic imine (C=N–C) groups is 1. The van der Waals surface area contributed by atoms with Gasteiger partial charge in [-0.2, -0.15) is 0 Å². The van der Waals surface area contributed by atoms with E-state index in [1.54, 1.807) is 41.7 Å². The highest BCUT2D eigenvalue weighted by Gasteiger charge is 2.39. The molecule has 0 radical (unpaired) electrons. The Morgan fingerprint density at radius 2 is 1.64 bits per heavy atom.